The van der Waals surface area contributed by atoms with Crippen molar-refractivity contribution in [3.05, 3.63) is 81.7 Å². The average molecular weight is 425 g/mol. The summed E-state index contributed by atoms with van der Waals surface area (Å²) in [5, 5.41) is 16.2. The summed E-state index contributed by atoms with van der Waals surface area (Å²) in [5.74, 6) is 0.200. The minimum Gasteiger partial charge on any atom is -0.361 e. The first-order valence-electron chi connectivity index (χ1n) is 9.44. The molecule has 0 saturated carbocycles. The summed E-state index contributed by atoms with van der Waals surface area (Å²) in [6, 6.07) is 10.0. The largest absolute Gasteiger partial charge is 0.361 e. The van der Waals surface area contributed by atoms with E-state index in [-0.39, 0.29) is 11.6 Å². The van der Waals surface area contributed by atoms with Gasteiger partial charge in [0.15, 0.2) is 5.69 Å². The molecule has 0 aliphatic heterocycles. The minimum absolute atomic E-state index is 0.216. The van der Waals surface area contributed by atoms with E-state index in [0.717, 1.165) is 17.0 Å². The molecule has 0 fully saturated rings. The molecule has 1 amide bonds. The van der Waals surface area contributed by atoms with E-state index in [1.54, 1.807) is 17.8 Å². The second kappa shape index (κ2) is 8.16. The first-order chi connectivity index (χ1) is 14.4. The van der Waals surface area contributed by atoms with Crippen molar-refractivity contribution in [2.45, 2.75) is 33.9 Å². The number of hydrogen-bond acceptors (Lipinski definition) is 5. The van der Waals surface area contributed by atoms with Crippen molar-refractivity contribution in [1.82, 2.24) is 24.7 Å². The molecular formula is C21H21ClN6O2. The molecule has 30 heavy (non-hydrogen) atoms. The lowest BCUT2D eigenvalue weighted by atomic mass is 10.1. The topological polar surface area (TPSA) is 90.8 Å². The number of halogens is 1. The lowest BCUT2D eigenvalue weighted by molar-refractivity contribution is 0.101. The van der Waals surface area contributed by atoms with Crippen LogP contribution in [0, 0.1) is 20.8 Å². The molecule has 3 aromatic heterocycles. The molecule has 1 N–H and O–H groups in total. The summed E-state index contributed by atoms with van der Waals surface area (Å²) in [6.07, 6.45) is 3.22. The Morgan fingerprint density at radius 1 is 1.17 bits per heavy atom. The van der Waals surface area contributed by atoms with Crippen LogP contribution in [0.2, 0.25) is 5.02 Å². The zero-order chi connectivity index (χ0) is 21.3. The van der Waals surface area contributed by atoms with Crippen LogP contribution in [0.25, 0.3) is 0 Å². The fourth-order valence-corrected chi connectivity index (χ4v) is 3.46. The van der Waals surface area contributed by atoms with Gasteiger partial charge in [-0.1, -0.05) is 47.1 Å². The highest BCUT2D eigenvalue weighted by Crippen LogP contribution is 2.23. The van der Waals surface area contributed by atoms with Gasteiger partial charge >= 0.3 is 0 Å². The number of hydrogen-bond donors (Lipinski definition) is 1. The van der Waals surface area contributed by atoms with Crippen LogP contribution >= 0.6 is 11.6 Å². The predicted molar refractivity (Wildman–Crippen MR) is 113 cm³/mol. The van der Waals surface area contributed by atoms with E-state index in [1.165, 1.54) is 6.20 Å². The van der Waals surface area contributed by atoms with Crippen LogP contribution in [0.5, 0.6) is 0 Å². The highest BCUT2D eigenvalue weighted by Gasteiger charge is 2.23. The molecule has 3 heterocycles. The van der Waals surface area contributed by atoms with Crippen LogP contribution in [0.3, 0.4) is 0 Å². The Kier molecular flexibility index (Phi) is 5.41. The van der Waals surface area contributed by atoms with Gasteiger partial charge in [0.05, 0.1) is 41.4 Å². The van der Waals surface area contributed by atoms with Gasteiger partial charge in [0.25, 0.3) is 5.91 Å². The first kappa shape index (κ1) is 19.9. The Balaban J connectivity index is 1.56. The monoisotopic (exact) mass is 424 g/mol. The number of aryl methyl sites for hydroxylation is 2. The molecule has 0 atom stereocenters. The van der Waals surface area contributed by atoms with Crippen LogP contribution in [0.15, 0.2) is 47.2 Å². The van der Waals surface area contributed by atoms with Gasteiger partial charge in [0, 0.05) is 11.8 Å². The van der Waals surface area contributed by atoms with Crippen molar-refractivity contribution in [1.29, 1.82) is 0 Å². The van der Waals surface area contributed by atoms with E-state index in [0.29, 0.717) is 35.1 Å². The van der Waals surface area contributed by atoms with Crippen molar-refractivity contribution in [3.63, 3.8) is 0 Å². The van der Waals surface area contributed by atoms with Gasteiger partial charge in [-0.3, -0.25) is 14.2 Å². The van der Waals surface area contributed by atoms with E-state index in [2.05, 4.69) is 20.7 Å². The molecular weight excluding hydrogens is 404 g/mol. The predicted octanol–water partition coefficient (Wildman–Crippen LogP) is 4.00. The number of amides is 1. The van der Waals surface area contributed by atoms with E-state index >= 15 is 0 Å². The SMILES string of the molecule is Cc1nn(Cc2ccccc2)c(C)c1NC(=O)c1noc(C)c1Cn1cc(Cl)cn1. The van der Waals surface area contributed by atoms with Crippen molar-refractivity contribution in [2.24, 2.45) is 0 Å². The Bertz CT molecular complexity index is 1190. The van der Waals surface area contributed by atoms with Gasteiger partial charge in [0.2, 0.25) is 0 Å². The maximum absolute atomic E-state index is 13.0. The molecule has 4 aromatic rings. The normalized spacial score (nSPS) is 11.1. The number of aromatic nitrogens is 5. The van der Waals surface area contributed by atoms with Crippen molar-refractivity contribution in [3.8, 4) is 0 Å². The number of carbonyl (C=O) groups is 1. The van der Waals surface area contributed by atoms with Gasteiger partial charge in [-0.05, 0) is 26.3 Å². The Morgan fingerprint density at radius 3 is 2.63 bits per heavy atom. The van der Waals surface area contributed by atoms with E-state index < -0.39 is 0 Å². The second-order valence-electron chi connectivity index (χ2n) is 7.07. The van der Waals surface area contributed by atoms with Crippen molar-refractivity contribution >= 4 is 23.2 Å². The third-order valence-electron chi connectivity index (χ3n) is 4.92. The second-order valence-corrected chi connectivity index (χ2v) is 7.50. The van der Waals surface area contributed by atoms with Gasteiger partial charge in [0.1, 0.15) is 5.76 Å². The van der Waals surface area contributed by atoms with Crippen molar-refractivity contribution in [2.75, 3.05) is 5.32 Å². The molecule has 154 valence electrons. The van der Waals surface area contributed by atoms with Crippen LogP contribution in [-0.2, 0) is 13.1 Å². The molecule has 0 saturated heterocycles. The number of nitrogens with zero attached hydrogens (tertiary/aromatic N) is 5. The van der Waals surface area contributed by atoms with Crippen LogP contribution in [0.4, 0.5) is 5.69 Å². The minimum atomic E-state index is -0.356. The summed E-state index contributed by atoms with van der Waals surface area (Å²) in [5.41, 5.74) is 4.27. The fraction of sp³-hybridized carbons (Fsp3) is 0.238. The maximum atomic E-state index is 13.0. The molecule has 0 unspecified atom stereocenters. The fourth-order valence-electron chi connectivity index (χ4n) is 3.30. The highest BCUT2D eigenvalue weighted by molar-refractivity contribution is 6.30. The lowest BCUT2D eigenvalue weighted by Crippen LogP contribution is -2.17. The van der Waals surface area contributed by atoms with Crippen LogP contribution < -0.4 is 5.32 Å². The van der Waals surface area contributed by atoms with E-state index in [9.17, 15) is 4.79 Å². The Morgan fingerprint density at radius 2 is 1.93 bits per heavy atom. The maximum Gasteiger partial charge on any atom is 0.278 e. The number of carbonyl (C=O) groups excluding carboxylic acids is 1. The van der Waals surface area contributed by atoms with Gasteiger partial charge in [-0.2, -0.15) is 10.2 Å². The van der Waals surface area contributed by atoms with Crippen LogP contribution in [-0.4, -0.2) is 30.6 Å². The molecule has 0 radical (unpaired) electrons. The first-order valence-corrected chi connectivity index (χ1v) is 9.82. The highest BCUT2D eigenvalue weighted by atomic mass is 35.5. The van der Waals surface area contributed by atoms with Gasteiger partial charge in [-0.25, -0.2) is 0 Å². The van der Waals surface area contributed by atoms with Gasteiger partial charge in [-0.15, -0.1) is 0 Å². The summed E-state index contributed by atoms with van der Waals surface area (Å²) in [4.78, 5) is 13.0. The quantitative estimate of drug-likeness (QED) is 0.505. The Hall–Kier alpha value is -3.39. The lowest BCUT2D eigenvalue weighted by Gasteiger charge is -2.07. The van der Waals surface area contributed by atoms with Crippen LogP contribution in [0.1, 0.15) is 38.8 Å². The van der Waals surface area contributed by atoms with E-state index in [1.807, 2.05) is 48.9 Å². The molecule has 8 nitrogen and oxygen atoms in total. The average Bonchev–Trinajstić information content (AvgIpc) is 3.38. The molecule has 0 bridgehead atoms. The third-order valence-corrected chi connectivity index (χ3v) is 5.11. The molecule has 0 aliphatic carbocycles. The third kappa shape index (κ3) is 3.99. The summed E-state index contributed by atoms with van der Waals surface area (Å²) < 4.78 is 8.78. The standard InChI is InChI=1S/C21H21ClN6O2/c1-13-19(14(2)28(25-13)10-16-7-5-4-6-8-16)24-21(29)20-18(15(3)30-26-20)12-27-11-17(22)9-23-27/h4-9,11H,10,12H2,1-3H3,(H,24,29). The van der Waals surface area contributed by atoms with Crippen molar-refractivity contribution < 1.29 is 9.32 Å². The molecule has 9 heteroatoms. The zero-order valence-electron chi connectivity index (χ0n) is 16.9. The number of benzene rings is 1. The number of anilines is 1. The zero-order valence-corrected chi connectivity index (χ0v) is 17.6. The van der Waals surface area contributed by atoms with E-state index in [4.69, 9.17) is 16.1 Å². The summed E-state index contributed by atoms with van der Waals surface area (Å²) in [7, 11) is 0. The smallest absolute Gasteiger partial charge is 0.278 e. The molecule has 0 spiro atoms. The van der Waals surface area contributed by atoms with Gasteiger partial charge < -0.3 is 9.84 Å². The number of nitrogens with one attached hydrogen (secondary N) is 1. The molecule has 4 rings (SSSR count). The molecule has 0 aliphatic rings. The summed E-state index contributed by atoms with van der Waals surface area (Å²) in [6.45, 7) is 6.51. The summed E-state index contributed by atoms with van der Waals surface area (Å²) >= 11 is 5.93. The Labute approximate surface area is 178 Å². The molecule has 1 aromatic carbocycles. The number of rotatable bonds is 6.